The van der Waals surface area contributed by atoms with Gasteiger partial charge in [-0.05, 0) is 48.9 Å². The molecule has 0 aliphatic carbocycles. The van der Waals surface area contributed by atoms with Crippen LogP contribution in [0.3, 0.4) is 0 Å². The number of rotatable bonds is 9. The van der Waals surface area contributed by atoms with Crippen LogP contribution in [0.4, 0.5) is 0 Å². The molecule has 2 aromatic carbocycles. The first-order valence-corrected chi connectivity index (χ1v) is 9.02. The quantitative estimate of drug-likeness (QED) is 0.619. The number of carbonyl (C=O) groups is 2. The molecule has 0 spiro atoms. The summed E-state index contributed by atoms with van der Waals surface area (Å²) >= 11 is 12.5. The molecule has 4 nitrogen and oxygen atoms in total. The van der Waals surface area contributed by atoms with Gasteiger partial charge in [0, 0.05) is 16.5 Å². The van der Waals surface area contributed by atoms with Crippen LogP contribution in [0.5, 0.6) is 0 Å². The Morgan fingerprint density at radius 1 is 0.846 bits per heavy atom. The second kappa shape index (κ2) is 9.06. The summed E-state index contributed by atoms with van der Waals surface area (Å²) in [4.78, 5) is 23.2. The van der Waals surface area contributed by atoms with Gasteiger partial charge >= 0.3 is 11.9 Å². The van der Waals surface area contributed by atoms with Crippen LogP contribution >= 0.6 is 23.2 Å². The van der Waals surface area contributed by atoms with Crippen molar-refractivity contribution in [3.8, 4) is 0 Å². The SMILES string of the molecule is O=C(O)CCCC(Cc1ccccc1Cl)(Cc1ccccc1Cl)C(=O)O. The van der Waals surface area contributed by atoms with Crippen molar-refractivity contribution in [2.45, 2.75) is 32.1 Å². The monoisotopic (exact) mass is 394 g/mol. The number of carboxylic acids is 2. The Kier molecular flexibility index (Phi) is 7.06. The summed E-state index contributed by atoms with van der Waals surface area (Å²) in [6.07, 6.45) is 0.793. The summed E-state index contributed by atoms with van der Waals surface area (Å²) in [5.41, 5.74) is 0.253. The molecule has 0 aliphatic heterocycles. The normalized spacial score (nSPS) is 11.3. The molecule has 2 rings (SSSR count). The lowest BCUT2D eigenvalue weighted by atomic mass is 9.73. The van der Waals surface area contributed by atoms with Crippen LogP contribution in [-0.4, -0.2) is 22.2 Å². The molecule has 0 aromatic heterocycles. The van der Waals surface area contributed by atoms with Crippen molar-refractivity contribution in [2.24, 2.45) is 5.41 Å². The Labute approximate surface area is 162 Å². The van der Waals surface area contributed by atoms with E-state index in [1.54, 1.807) is 48.5 Å². The summed E-state index contributed by atoms with van der Waals surface area (Å²) < 4.78 is 0. The van der Waals surface area contributed by atoms with Gasteiger partial charge in [-0.3, -0.25) is 9.59 Å². The van der Waals surface area contributed by atoms with Gasteiger partial charge in [-0.25, -0.2) is 0 Å². The predicted molar refractivity (Wildman–Crippen MR) is 102 cm³/mol. The van der Waals surface area contributed by atoms with E-state index in [9.17, 15) is 14.7 Å². The molecule has 0 aliphatic rings. The third kappa shape index (κ3) is 5.23. The van der Waals surface area contributed by atoms with Crippen LogP contribution in [0.25, 0.3) is 0 Å². The van der Waals surface area contributed by atoms with Gasteiger partial charge in [-0.2, -0.15) is 0 Å². The molecule has 0 amide bonds. The highest BCUT2D eigenvalue weighted by Crippen LogP contribution is 2.37. The molecule has 6 heteroatoms. The van der Waals surface area contributed by atoms with E-state index in [-0.39, 0.29) is 32.1 Å². The van der Waals surface area contributed by atoms with E-state index < -0.39 is 17.4 Å². The van der Waals surface area contributed by atoms with Gasteiger partial charge in [-0.1, -0.05) is 59.6 Å². The van der Waals surface area contributed by atoms with Gasteiger partial charge in [-0.15, -0.1) is 0 Å². The van der Waals surface area contributed by atoms with Gasteiger partial charge in [0.15, 0.2) is 0 Å². The van der Waals surface area contributed by atoms with E-state index in [1.165, 1.54) is 0 Å². The van der Waals surface area contributed by atoms with Gasteiger partial charge in [0.25, 0.3) is 0 Å². The van der Waals surface area contributed by atoms with E-state index in [2.05, 4.69) is 0 Å². The molecule has 138 valence electrons. The maximum absolute atomic E-state index is 12.3. The van der Waals surface area contributed by atoms with Crippen LogP contribution < -0.4 is 0 Å². The van der Waals surface area contributed by atoms with Crippen LogP contribution in [0, 0.1) is 5.41 Å². The van der Waals surface area contributed by atoms with Crippen LogP contribution in [-0.2, 0) is 22.4 Å². The van der Waals surface area contributed by atoms with Crippen molar-refractivity contribution in [3.63, 3.8) is 0 Å². The van der Waals surface area contributed by atoms with Crippen molar-refractivity contribution in [1.29, 1.82) is 0 Å². The first kappa shape index (κ1) is 20.3. The molecule has 0 saturated heterocycles. The molecule has 0 bridgehead atoms. The molecule has 0 saturated carbocycles. The largest absolute Gasteiger partial charge is 0.481 e. The second-order valence-corrected chi connectivity index (χ2v) is 7.18. The Hall–Kier alpha value is -2.04. The van der Waals surface area contributed by atoms with Crippen molar-refractivity contribution < 1.29 is 19.8 Å². The Morgan fingerprint density at radius 2 is 1.31 bits per heavy atom. The average molecular weight is 395 g/mol. The summed E-state index contributed by atoms with van der Waals surface area (Å²) in [6, 6.07) is 14.2. The maximum Gasteiger partial charge on any atom is 0.310 e. The molecule has 0 atom stereocenters. The first-order valence-electron chi connectivity index (χ1n) is 8.26. The van der Waals surface area contributed by atoms with Gasteiger partial charge in [0.2, 0.25) is 0 Å². The third-order valence-corrected chi connectivity index (χ3v) is 5.21. The van der Waals surface area contributed by atoms with E-state index in [1.807, 2.05) is 0 Å². The highest BCUT2D eigenvalue weighted by atomic mass is 35.5. The topological polar surface area (TPSA) is 74.6 Å². The average Bonchev–Trinajstić information content (AvgIpc) is 2.58. The van der Waals surface area contributed by atoms with Crippen LogP contribution in [0.2, 0.25) is 10.0 Å². The van der Waals surface area contributed by atoms with Crippen LogP contribution in [0.1, 0.15) is 30.4 Å². The molecular formula is C20H20Cl2O4. The zero-order valence-electron chi connectivity index (χ0n) is 14.1. The number of hydrogen-bond acceptors (Lipinski definition) is 2. The van der Waals surface area contributed by atoms with E-state index in [0.29, 0.717) is 10.0 Å². The minimum atomic E-state index is -1.19. The van der Waals surface area contributed by atoms with Crippen molar-refractivity contribution in [2.75, 3.05) is 0 Å². The minimum Gasteiger partial charge on any atom is -0.481 e. The Balaban J connectivity index is 2.39. The lowest BCUT2D eigenvalue weighted by Gasteiger charge is -2.30. The van der Waals surface area contributed by atoms with Gasteiger partial charge in [0.05, 0.1) is 5.41 Å². The number of benzene rings is 2. The molecule has 26 heavy (non-hydrogen) atoms. The Bertz CT molecular complexity index is 741. The number of aliphatic carboxylic acids is 2. The lowest BCUT2D eigenvalue weighted by Crippen LogP contribution is -2.36. The van der Waals surface area contributed by atoms with E-state index in [0.717, 1.165) is 11.1 Å². The molecule has 0 heterocycles. The van der Waals surface area contributed by atoms with Crippen molar-refractivity contribution in [3.05, 3.63) is 69.7 Å². The predicted octanol–water partition coefficient (Wildman–Crippen LogP) is 5.10. The summed E-state index contributed by atoms with van der Waals surface area (Å²) in [5, 5.41) is 20.0. The fraction of sp³-hybridized carbons (Fsp3) is 0.300. The smallest absolute Gasteiger partial charge is 0.310 e. The van der Waals surface area contributed by atoms with Crippen molar-refractivity contribution in [1.82, 2.24) is 0 Å². The molecule has 2 N–H and O–H groups in total. The zero-order valence-corrected chi connectivity index (χ0v) is 15.6. The number of carboxylic acid groups (broad SMARTS) is 2. The summed E-state index contributed by atoms with van der Waals surface area (Å²) in [6.45, 7) is 0. The third-order valence-electron chi connectivity index (χ3n) is 4.47. The molecule has 0 radical (unpaired) electrons. The second-order valence-electron chi connectivity index (χ2n) is 6.37. The zero-order chi connectivity index (χ0) is 19.2. The molecular weight excluding hydrogens is 375 g/mol. The molecule has 0 fully saturated rings. The summed E-state index contributed by atoms with van der Waals surface area (Å²) in [5.74, 6) is -1.93. The fourth-order valence-corrected chi connectivity index (χ4v) is 3.49. The minimum absolute atomic E-state index is 0.0833. The fourth-order valence-electron chi connectivity index (χ4n) is 3.09. The Morgan fingerprint density at radius 3 is 1.69 bits per heavy atom. The van der Waals surface area contributed by atoms with E-state index >= 15 is 0 Å². The summed E-state index contributed by atoms with van der Waals surface area (Å²) in [7, 11) is 0. The standard InChI is InChI=1S/C20H20Cl2O4/c21-16-8-3-1-6-14(16)12-20(19(25)26,11-5-10-18(23)24)13-15-7-2-4-9-17(15)22/h1-4,6-9H,5,10-13H2,(H,23,24)(H,25,26). The van der Waals surface area contributed by atoms with Crippen molar-refractivity contribution >= 4 is 35.1 Å². The van der Waals surface area contributed by atoms with E-state index in [4.69, 9.17) is 28.3 Å². The van der Waals surface area contributed by atoms with Gasteiger partial charge < -0.3 is 10.2 Å². The van der Waals surface area contributed by atoms with Gasteiger partial charge in [0.1, 0.15) is 0 Å². The molecule has 0 unspecified atom stereocenters. The lowest BCUT2D eigenvalue weighted by molar-refractivity contribution is -0.150. The maximum atomic E-state index is 12.3. The number of hydrogen-bond donors (Lipinski definition) is 2. The van der Waals surface area contributed by atoms with Crippen LogP contribution in [0.15, 0.2) is 48.5 Å². The molecule has 2 aromatic rings. The number of halogens is 2. The highest BCUT2D eigenvalue weighted by molar-refractivity contribution is 6.31. The first-order chi connectivity index (χ1) is 12.3. The highest BCUT2D eigenvalue weighted by Gasteiger charge is 2.39.